The number of benzene rings is 3. The lowest BCUT2D eigenvalue weighted by Crippen LogP contribution is -2.36. The first kappa shape index (κ1) is 26.0. The van der Waals surface area contributed by atoms with Gasteiger partial charge in [0.15, 0.2) is 0 Å². The molecule has 5 aromatic rings. The number of carbonyl (C=O) groups is 1. The predicted octanol–water partition coefficient (Wildman–Crippen LogP) is 5.48. The molecule has 0 radical (unpaired) electrons. The first-order chi connectivity index (χ1) is 18.7. The Bertz CT molecular complexity index is 1660. The molecule has 2 aromatic heterocycles. The predicted molar refractivity (Wildman–Crippen MR) is 157 cm³/mol. The number of hydrogen-bond acceptors (Lipinski definition) is 5. The van der Waals surface area contributed by atoms with Crippen LogP contribution in [0.4, 0.5) is 11.4 Å². The van der Waals surface area contributed by atoms with Gasteiger partial charge in [0.2, 0.25) is 5.91 Å². The summed E-state index contributed by atoms with van der Waals surface area (Å²) in [6.45, 7) is 3.34. The van der Waals surface area contributed by atoms with Crippen LogP contribution in [0.3, 0.4) is 0 Å². The average Bonchev–Trinajstić information content (AvgIpc) is 3.54. The summed E-state index contributed by atoms with van der Waals surface area (Å²) in [5.74, 6) is 0.391. The second-order valence-corrected chi connectivity index (χ2v) is 9.20. The maximum absolute atomic E-state index is 13.0. The minimum absolute atomic E-state index is 0. The van der Waals surface area contributed by atoms with Gasteiger partial charge in [-0.1, -0.05) is 30.3 Å². The number of carbonyl (C=O) groups excluding carboxylic acids is 1. The number of ether oxygens (including phenoxy) is 1. The van der Waals surface area contributed by atoms with Gasteiger partial charge in [-0.15, -0.1) is 12.4 Å². The molecule has 2 N–H and O–H groups in total. The maximum Gasteiger partial charge on any atom is 0.244 e. The van der Waals surface area contributed by atoms with Gasteiger partial charge in [0.25, 0.3) is 0 Å². The van der Waals surface area contributed by atoms with Gasteiger partial charge in [-0.05, 0) is 48.5 Å². The van der Waals surface area contributed by atoms with E-state index in [1.165, 1.54) is 0 Å². The number of anilines is 2. The number of amides is 1. The Kier molecular flexibility index (Phi) is 7.64. The summed E-state index contributed by atoms with van der Waals surface area (Å²) < 4.78 is 7.33. The van der Waals surface area contributed by atoms with Crippen molar-refractivity contribution >= 4 is 63.3 Å². The van der Waals surface area contributed by atoms with Crippen molar-refractivity contribution in [3.05, 3.63) is 90.4 Å². The Balaban J connectivity index is 0.00000308. The standard InChI is InChI=1S/C30H26N6O2.ClH/c31-18-21(30-33-26-6-2-3-7-27(26)34-30)17-22-19-36(28-8-4-1-5-25(22)28)20-29(37)32-23-9-11-24(12-10-23)35-13-15-38-16-14-35;/h1-12,17,19H,13-16,20H2,(H,32,37)(H,33,34);1H/b21-17+;. The first-order valence-electron chi connectivity index (χ1n) is 12.6. The number of fused-ring (bicyclic) bond motifs is 2. The number of hydrogen-bond donors (Lipinski definition) is 2. The number of halogens is 1. The second kappa shape index (κ2) is 11.4. The Labute approximate surface area is 231 Å². The SMILES string of the molecule is Cl.N#C/C(=C\c1cn(CC(=O)Nc2ccc(N3CCOCC3)cc2)c2ccccc12)c1nc2ccccc2[nH]1. The molecule has 0 saturated carbocycles. The molecule has 1 aliphatic heterocycles. The van der Waals surface area contributed by atoms with Gasteiger partial charge in [0, 0.05) is 47.1 Å². The van der Waals surface area contributed by atoms with Gasteiger partial charge in [-0.3, -0.25) is 4.79 Å². The Morgan fingerprint density at radius 3 is 2.56 bits per heavy atom. The minimum Gasteiger partial charge on any atom is -0.378 e. The van der Waals surface area contributed by atoms with E-state index in [-0.39, 0.29) is 24.9 Å². The van der Waals surface area contributed by atoms with Gasteiger partial charge in [0.1, 0.15) is 18.4 Å². The number of rotatable bonds is 6. The number of aromatic nitrogens is 3. The molecule has 0 aliphatic carbocycles. The summed E-state index contributed by atoms with van der Waals surface area (Å²) in [4.78, 5) is 23.0. The van der Waals surface area contributed by atoms with Gasteiger partial charge in [0.05, 0.1) is 29.8 Å². The van der Waals surface area contributed by atoms with E-state index >= 15 is 0 Å². The lowest BCUT2D eigenvalue weighted by Gasteiger charge is -2.28. The van der Waals surface area contributed by atoms with Crippen molar-refractivity contribution < 1.29 is 9.53 Å². The normalized spacial score (nSPS) is 13.7. The third-order valence-corrected chi connectivity index (χ3v) is 6.73. The number of H-pyrrole nitrogens is 1. The lowest BCUT2D eigenvalue weighted by atomic mass is 10.1. The van der Waals surface area contributed by atoms with E-state index in [0.29, 0.717) is 11.4 Å². The van der Waals surface area contributed by atoms with Crippen LogP contribution in [0.2, 0.25) is 0 Å². The number of allylic oxidation sites excluding steroid dienone is 1. The van der Waals surface area contributed by atoms with Crippen LogP contribution in [0.15, 0.2) is 79.0 Å². The average molecular weight is 539 g/mol. The lowest BCUT2D eigenvalue weighted by molar-refractivity contribution is -0.116. The smallest absolute Gasteiger partial charge is 0.244 e. The number of nitrogens with one attached hydrogen (secondary N) is 2. The summed E-state index contributed by atoms with van der Waals surface area (Å²) >= 11 is 0. The molecular weight excluding hydrogens is 512 g/mol. The highest BCUT2D eigenvalue weighted by atomic mass is 35.5. The van der Waals surface area contributed by atoms with Crippen LogP contribution in [0.1, 0.15) is 11.4 Å². The molecule has 0 spiro atoms. The number of imidazole rings is 1. The first-order valence-corrected chi connectivity index (χ1v) is 12.6. The fraction of sp³-hybridized carbons (Fsp3) is 0.167. The molecule has 1 amide bonds. The third kappa shape index (κ3) is 5.50. The van der Waals surface area contributed by atoms with E-state index in [1.807, 2.05) is 89.6 Å². The van der Waals surface area contributed by atoms with Crippen LogP contribution in [0.25, 0.3) is 33.6 Å². The van der Waals surface area contributed by atoms with E-state index in [4.69, 9.17) is 4.74 Å². The molecule has 3 heterocycles. The van der Waals surface area contributed by atoms with Crippen molar-refractivity contribution in [2.45, 2.75) is 6.54 Å². The summed E-state index contributed by atoms with van der Waals surface area (Å²) in [7, 11) is 0. The van der Waals surface area contributed by atoms with Crippen molar-refractivity contribution in [3.63, 3.8) is 0 Å². The summed E-state index contributed by atoms with van der Waals surface area (Å²) in [5, 5.41) is 13.9. The fourth-order valence-corrected chi connectivity index (χ4v) is 4.84. The Morgan fingerprint density at radius 1 is 1.05 bits per heavy atom. The monoisotopic (exact) mass is 538 g/mol. The zero-order chi connectivity index (χ0) is 25.9. The fourth-order valence-electron chi connectivity index (χ4n) is 4.84. The van der Waals surface area contributed by atoms with Gasteiger partial charge < -0.3 is 24.5 Å². The second-order valence-electron chi connectivity index (χ2n) is 9.20. The Morgan fingerprint density at radius 2 is 1.79 bits per heavy atom. The Hall–Kier alpha value is -4.58. The highest BCUT2D eigenvalue weighted by Crippen LogP contribution is 2.27. The summed E-state index contributed by atoms with van der Waals surface area (Å²) in [5.41, 5.74) is 5.74. The number of nitrogens with zero attached hydrogens (tertiary/aromatic N) is 4. The molecule has 0 unspecified atom stereocenters. The van der Waals surface area contributed by atoms with E-state index in [0.717, 1.165) is 65.2 Å². The van der Waals surface area contributed by atoms with Crippen molar-refractivity contribution in [1.29, 1.82) is 5.26 Å². The maximum atomic E-state index is 13.0. The quantitative estimate of drug-likeness (QED) is 0.279. The zero-order valence-electron chi connectivity index (χ0n) is 21.1. The van der Waals surface area contributed by atoms with Crippen LogP contribution in [0.5, 0.6) is 0 Å². The molecular formula is C30H27ClN6O2. The molecule has 1 aliphatic rings. The number of aromatic amines is 1. The van der Waals surface area contributed by atoms with Gasteiger partial charge in [-0.2, -0.15) is 5.26 Å². The number of morpholine rings is 1. The van der Waals surface area contributed by atoms with Crippen LogP contribution in [0, 0.1) is 11.3 Å². The van der Waals surface area contributed by atoms with Crippen molar-refractivity contribution in [3.8, 4) is 6.07 Å². The molecule has 196 valence electrons. The summed E-state index contributed by atoms with van der Waals surface area (Å²) in [6.07, 6.45) is 3.73. The van der Waals surface area contributed by atoms with Crippen LogP contribution in [-0.4, -0.2) is 46.7 Å². The number of nitriles is 1. The minimum atomic E-state index is -0.127. The summed E-state index contributed by atoms with van der Waals surface area (Å²) in [6, 6.07) is 25.7. The molecule has 39 heavy (non-hydrogen) atoms. The van der Waals surface area contributed by atoms with Gasteiger partial charge in [-0.25, -0.2) is 4.98 Å². The van der Waals surface area contributed by atoms with Crippen LogP contribution in [-0.2, 0) is 16.1 Å². The van der Waals surface area contributed by atoms with Crippen molar-refractivity contribution in [1.82, 2.24) is 14.5 Å². The van der Waals surface area contributed by atoms with Crippen molar-refractivity contribution in [2.75, 3.05) is 36.5 Å². The molecule has 3 aromatic carbocycles. The van der Waals surface area contributed by atoms with E-state index < -0.39 is 0 Å². The van der Waals surface area contributed by atoms with Crippen molar-refractivity contribution in [2.24, 2.45) is 0 Å². The highest BCUT2D eigenvalue weighted by Gasteiger charge is 2.14. The van der Waals surface area contributed by atoms with Crippen LogP contribution < -0.4 is 10.2 Å². The molecule has 0 bridgehead atoms. The molecule has 1 saturated heterocycles. The third-order valence-electron chi connectivity index (χ3n) is 6.73. The molecule has 8 nitrogen and oxygen atoms in total. The highest BCUT2D eigenvalue weighted by molar-refractivity contribution is 5.99. The zero-order valence-corrected chi connectivity index (χ0v) is 21.9. The van der Waals surface area contributed by atoms with E-state index in [9.17, 15) is 10.1 Å². The topological polar surface area (TPSA) is 99.0 Å². The van der Waals surface area contributed by atoms with E-state index in [1.54, 1.807) is 0 Å². The molecule has 9 heteroatoms. The molecule has 0 atom stereocenters. The molecule has 1 fully saturated rings. The largest absolute Gasteiger partial charge is 0.378 e. The van der Waals surface area contributed by atoms with Crippen LogP contribution >= 0.6 is 12.4 Å². The van der Waals surface area contributed by atoms with Gasteiger partial charge >= 0.3 is 0 Å². The number of para-hydroxylation sites is 3. The van der Waals surface area contributed by atoms with E-state index in [2.05, 4.69) is 26.3 Å². The molecule has 6 rings (SSSR count).